The molecule has 0 spiro atoms. The fourth-order valence-corrected chi connectivity index (χ4v) is 4.24. The molecular formula is C24H27B. The van der Waals surface area contributed by atoms with Gasteiger partial charge in [-0.15, -0.1) is 0 Å². The second kappa shape index (κ2) is 8.20. The summed E-state index contributed by atoms with van der Waals surface area (Å²) >= 11 is 0. The van der Waals surface area contributed by atoms with Gasteiger partial charge in [-0.25, -0.2) is 0 Å². The molecule has 0 nitrogen and oxygen atoms in total. The molecule has 0 saturated heterocycles. The lowest BCUT2D eigenvalue weighted by Crippen LogP contribution is -2.34. The zero-order chi connectivity index (χ0) is 17.6. The molecule has 0 aliphatic carbocycles. The molecule has 0 amide bonds. The predicted molar refractivity (Wildman–Crippen MR) is 110 cm³/mol. The molecular weight excluding hydrogens is 299 g/mol. The standard InChI is InChI=1S/C24H27B/c1-19(22-13-7-4-8-14-22)25(20(2)23-15-9-5-10-16-23)21(3)24-17-11-6-12-18-24/h4-21H,1-3H3. The second-order valence-corrected chi connectivity index (χ2v) is 7.18. The molecule has 1 heteroatoms. The van der Waals surface area contributed by atoms with E-state index in [1.807, 2.05) is 0 Å². The lowest BCUT2D eigenvalue weighted by atomic mass is 9.26. The van der Waals surface area contributed by atoms with Crippen LogP contribution >= 0.6 is 0 Å². The van der Waals surface area contributed by atoms with E-state index in [1.54, 1.807) is 0 Å². The molecule has 3 atom stereocenters. The van der Waals surface area contributed by atoms with Gasteiger partial charge in [0.25, 0.3) is 0 Å². The molecule has 0 saturated carbocycles. The molecule has 0 aliphatic heterocycles. The maximum Gasteiger partial charge on any atom is 0.163 e. The minimum Gasteiger partial charge on any atom is -0.0650 e. The van der Waals surface area contributed by atoms with E-state index >= 15 is 0 Å². The zero-order valence-corrected chi connectivity index (χ0v) is 15.5. The quantitative estimate of drug-likeness (QED) is 0.453. The first-order valence-corrected chi connectivity index (χ1v) is 9.33. The van der Waals surface area contributed by atoms with Gasteiger partial charge in [0.1, 0.15) is 0 Å². The molecule has 3 rings (SSSR count). The maximum absolute atomic E-state index is 2.39. The Kier molecular flexibility index (Phi) is 5.76. The molecule has 0 fully saturated rings. The van der Waals surface area contributed by atoms with Crippen molar-refractivity contribution >= 4 is 6.71 Å². The van der Waals surface area contributed by atoms with Gasteiger partial charge in [-0.3, -0.25) is 0 Å². The van der Waals surface area contributed by atoms with Crippen molar-refractivity contribution < 1.29 is 0 Å². The highest BCUT2D eigenvalue weighted by Gasteiger charge is 2.35. The minimum atomic E-state index is 0.492. The molecule has 0 aromatic heterocycles. The van der Waals surface area contributed by atoms with Crippen LogP contribution in [0.15, 0.2) is 91.0 Å². The van der Waals surface area contributed by atoms with Crippen LogP contribution in [0.3, 0.4) is 0 Å². The fourth-order valence-electron chi connectivity index (χ4n) is 4.24. The van der Waals surface area contributed by atoms with Crippen molar-refractivity contribution in [1.29, 1.82) is 0 Å². The van der Waals surface area contributed by atoms with Crippen LogP contribution in [0.2, 0.25) is 0 Å². The molecule has 3 aromatic carbocycles. The third kappa shape index (κ3) is 4.04. The first-order chi connectivity index (χ1) is 12.2. The Bertz CT molecular complexity index is 644. The Morgan fingerprint density at radius 3 is 0.920 bits per heavy atom. The molecule has 3 unspecified atom stereocenters. The van der Waals surface area contributed by atoms with E-state index in [1.165, 1.54) is 16.7 Å². The average Bonchev–Trinajstić information content (AvgIpc) is 2.70. The summed E-state index contributed by atoms with van der Waals surface area (Å²) in [6, 6.07) is 32.9. The number of hydrogen-bond acceptors (Lipinski definition) is 0. The minimum absolute atomic E-state index is 0.492. The van der Waals surface area contributed by atoms with Gasteiger partial charge in [0.2, 0.25) is 0 Å². The van der Waals surface area contributed by atoms with Gasteiger partial charge < -0.3 is 0 Å². The van der Waals surface area contributed by atoms with Gasteiger partial charge in [-0.2, -0.15) is 0 Å². The largest absolute Gasteiger partial charge is 0.163 e. The molecule has 0 bridgehead atoms. The van der Waals surface area contributed by atoms with Gasteiger partial charge >= 0.3 is 0 Å². The van der Waals surface area contributed by atoms with Gasteiger partial charge in [0.15, 0.2) is 6.71 Å². The van der Waals surface area contributed by atoms with Crippen LogP contribution in [0.1, 0.15) is 54.9 Å². The molecule has 0 aliphatic rings. The Hall–Kier alpha value is -2.28. The van der Waals surface area contributed by atoms with Crippen molar-refractivity contribution in [2.24, 2.45) is 0 Å². The molecule has 0 N–H and O–H groups in total. The van der Waals surface area contributed by atoms with Gasteiger partial charge in [-0.05, 0) is 17.5 Å². The van der Waals surface area contributed by atoms with Crippen molar-refractivity contribution in [3.05, 3.63) is 108 Å². The van der Waals surface area contributed by atoms with E-state index in [9.17, 15) is 0 Å². The third-order valence-corrected chi connectivity index (χ3v) is 5.71. The highest BCUT2D eigenvalue weighted by atomic mass is 14.2. The van der Waals surface area contributed by atoms with Crippen molar-refractivity contribution in [3.63, 3.8) is 0 Å². The summed E-state index contributed by atoms with van der Waals surface area (Å²) < 4.78 is 0. The summed E-state index contributed by atoms with van der Waals surface area (Å²) in [6.45, 7) is 7.70. The second-order valence-electron chi connectivity index (χ2n) is 7.18. The van der Waals surface area contributed by atoms with E-state index in [0.29, 0.717) is 24.2 Å². The lowest BCUT2D eigenvalue weighted by Gasteiger charge is -2.33. The smallest absolute Gasteiger partial charge is 0.0650 e. The SMILES string of the molecule is CC(B(C(C)c1ccccc1)C(C)c1ccccc1)c1ccccc1. The van der Waals surface area contributed by atoms with Crippen molar-refractivity contribution in [2.75, 3.05) is 0 Å². The first-order valence-electron chi connectivity index (χ1n) is 9.33. The Balaban J connectivity index is 1.99. The van der Waals surface area contributed by atoms with E-state index < -0.39 is 0 Å². The van der Waals surface area contributed by atoms with Crippen LogP contribution in [-0.2, 0) is 0 Å². The topological polar surface area (TPSA) is 0 Å². The van der Waals surface area contributed by atoms with Crippen LogP contribution < -0.4 is 0 Å². The van der Waals surface area contributed by atoms with Crippen LogP contribution in [0.5, 0.6) is 0 Å². The van der Waals surface area contributed by atoms with Crippen molar-refractivity contribution in [1.82, 2.24) is 0 Å². The molecule has 0 heterocycles. The highest BCUT2D eigenvalue weighted by Crippen LogP contribution is 2.37. The van der Waals surface area contributed by atoms with Crippen LogP contribution in [-0.4, -0.2) is 6.71 Å². The predicted octanol–water partition coefficient (Wildman–Crippen LogP) is 6.51. The summed E-state index contributed by atoms with van der Waals surface area (Å²) in [6.07, 6.45) is 0. The van der Waals surface area contributed by atoms with Gasteiger partial charge in [0.05, 0.1) is 0 Å². The van der Waals surface area contributed by atoms with Gasteiger partial charge in [0, 0.05) is 0 Å². The Morgan fingerprint density at radius 2 is 0.680 bits per heavy atom. The Morgan fingerprint density at radius 1 is 0.440 bits per heavy atom. The summed E-state index contributed by atoms with van der Waals surface area (Å²) in [4.78, 5) is 0. The summed E-state index contributed by atoms with van der Waals surface area (Å²) in [5.41, 5.74) is 4.29. The van der Waals surface area contributed by atoms with Gasteiger partial charge in [-0.1, -0.05) is 128 Å². The number of hydrogen-bond donors (Lipinski definition) is 0. The molecule has 25 heavy (non-hydrogen) atoms. The summed E-state index contributed by atoms with van der Waals surface area (Å²) in [5.74, 6) is 1.48. The number of benzene rings is 3. The van der Waals surface area contributed by atoms with E-state index in [4.69, 9.17) is 0 Å². The van der Waals surface area contributed by atoms with E-state index in [2.05, 4.69) is 112 Å². The summed E-state index contributed by atoms with van der Waals surface area (Å²) in [5, 5.41) is 0. The lowest BCUT2D eigenvalue weighted by molar-refractivity contribution is 0.865. The highest BCUT2D eigenvalue weighted by molar-refractivity contribution is 6.63. The number of rotatable bonds is 6. The Labute approximate surface area is 153 Å². The van der Waals surface area contributed by atoms with Crippen LogP contribution in [0.25, 0.3) is 0 Å². The molecule has 3 aromatic rings. The van der Waals surface area contributed by atoms with Crippen LogP contribution in [0.4, 0.5) is 0 Å². The average molecular weight is 326 g/mol. The molecule has 0 radical (unpaired) electrons. The molecule has 126 valence electrons. The van der Waals surface area contributed by atoms with Crippen molar-refractivity contribution in [2.45, 2.75) is 38.2 Å². The summed E-state index contributed by atoms with van der Waals surface area (Å²) in [7, 11) is 0. The van der Waals surface area contributed by atoms with Crippen LogP contribution in [0, 0.1) is 0 Å². The maximum atomic E-state index is 2.39. The zero-order valence-electron chi connectivity index (χ0n) is 15.5. The fraction of sp³-hybridized carbons (Fsp3) is 0.250. The van der Waals surface area contributed by atoms with E-state index in [0.717, 1.165) is 0 Å². The normalized spacial score (nSPS) is 14.5. The first kappa shape index (κ1) is 17.5. The monoisotopic (exact) mass is 326 g/mol. The third-order valence-electron chi connectivity index (χ3n) is 5.71. The van der Waals surface area contributed by atoms with Crippen molar-refractivity contribution in [3.8, 4) is 0 Å². The van der Waals surface area contributed by atoms with E-state index in [-0.39, 0.29) is 0 Å².